The summed E-state index contributed by atoms with van der Waals surface area (Å²) in [5.41, 5.74) is 1.99. The minimum absolute atomic E-state index is 0.0374. The average molecular weight is 332 g/mol. The molecule has 2 heterocycles. The fourth-order valence-corrected chi connectivity index (χ4v) is 3.19. The van der Waals surface area contributed by atoms with Gasteiger partial charge in [-0.25, -0.2) is 4.79 Å². The van der Waals surface area contributed by atoms with Crippen LogP contribution >= 0.6 is 0 Å². The zero-order valence-corrected chi connectivity index (χ0v) is 13.9. The van der Waals surface area contributed by atoms with Crippen molar-refractivity contribution in [1.82, 2.24) is 9.88 Å². The highest BCUT2D eigenvalue weighted by molar-refractivity contribution is 5.93. The Morgan fingerprint density at radius 3 is 2.36 bits per heavy atom. The average Bonchev–Trinajstić information content (AvgIpc) is 2.69. The molecule has 5 nitrogen and oxygen atoms in total. The molecule has 0 atom stereocenters. The van der Waals surface area contributed by atoms with Gasteiger partial charge in [-0.15, -0.1) is 0 Å². The molecule has 2 amide bonds. The van der Waals surface area contributed by atoms with Crippen LogP contribution in [0.5, 0.6) is 0 Å². The van der Waals surface area contributed by atoms with Crippen LogP contribution in [0, 0.1) is 0 Å². The number of amides is 2. The quantitative estimate of drug-likeness (QED) is 0.780. The molecule has 4 rings (SSSR count). The van der Waals surface area contributed by atoms with Gasteiger partial charge in [0.2, 0.25) is 0 Å². The number of hydrogen-bond donors (Lipinski definition) is 1. The van der Waals surface area contributed by atoms with Gasteiger partial charge in [0.1, 0.15) is 0 Å². The summed E-state index contributed by atoms with van der Waals surface area (Å²) in [6.07, 6.45) is 3.60. The molecule has 1 aromatic heterocycles. The summed E-state index contributed by atoms with van der Waals surface area (Å²) < 4.78 is 0. The smallest absolute Gasteiger partial charge is 0.321 e. The second kappa shape index (κ2) is 6.81. The van der Waals surface area contributed by atoms with Crippen LogP contribution in [0.1, 0.15) is 0 Å². The van der Waals surface area contributed by atoms with Crippen LogP contribution in [0.3, 0.4) is 0 Å². The van der Waals surface area contributed by atoms with E-state index in [9.17, 15) is 4.79 Å². The van der Waals surface area contributed by atoms with E-state index in [1.807, 2.05) is 47.4 Å². The molecule has 0 saturated carbocycles. The number of hydrogen-bond acceptors (Lipinski definition) is 3. The van der Waals surface area contributed by atoms with Crippen LogP contribution in [-0.4, -0.2) is 42.1 Å². The Balaban J connectivity index is 1.38. The molecular weight excluding hydrogens is 312 g/mol. The number of fused-ring (bicyclic) bond motifs is 1. The lowest BCUT2D eigenvalue weighted by atomic mass is 10.1. The summed E-state index contributed by atoms with van der Waals surface area (Å²) >= 11 is 0. The van der Waals surface area contributed by atoms with Crippen molar-refractivity contribution < 1.29 is 4.79 Å². The highest BCUT2D eigenvalue weighted by Crippen LogP contribution is 2.20. The molecular formula is C20H20N4O. The Kier molecular flexibility index (Phi) is 4.21. The van der Waals surface area contributed by atoms with Crippen molar-refractivity contribution in [2.45, 2.75) is 0 Å². The molecule has 1 aliphatic rings. The van der Waals surface area contributed by atoms with Crippen LogP contribution in [0.25, 0.3) is 10.8 Å². The number of pyridine rings is 1. The Hall–Kier alpha value is -3.08. The van der Waals surface area contributed by atoms with Crippen molar-refractivity contribution in [1.29, 1.82) is 0 Å². The summed E-state index contributed by atoms with van der Waals surface area (Å²) in [5, 5.41) is 5.32. The van der Waals surface area contributed by atoms with Crippen LogP contribution in [0.15, 0.2) is 67.0 Å². The number of anilines is 2. The van der Waals surface area contributed by atoms with E-state index >= 15 is 0 Å². The lowest BCUT2D eigenvalue weighted by Gasteiger charge is -2.36. The Morgan fingerprint density at radius 1 is 0.880 bits per heavy atom. The third-order valence-electron chi connectivity index (χ3n) is 4.60. The van der Waals surface area contributed by atoms with Crippen molar-refractivity contribution >= 4 is 28.2 Å². The minimum atomic E-state index is -0.0374. The van der Waals surface area contributed by atoms with Gasteiger partial charge in [0.05, 0.1) is 0 Å². The number of aromatic nitrogens is 1. The maximum atomic E-state index is 12.5. The number of nitrogens with one attached hydrogen (secondary N) is 1. The van der Waals surface area contributed by atoms with Crippen molar-refractivity contribution in [3.8, 4) is 0 Å². The molecule has 25 heavy (non-hydrogen) atoms. The van der Waals surface area contributed by atoms with Gasteiger partial charge < -0.3 is 15.1 Å². The predicted octanol–water partition coefficient (Wildman–Crippen LogP) is 3.59. The molecule has 1 N–H and O–H groups in total. The number of rotatable bonds is 2. The SMILES string of the molecule is O=C(Nc1ccc2ccccc2c1)N1CCN(c2ccncc2)CC1. The summed E-state index contributed by atoms with van der Waals surface area (Å²) in [6.45, 7) is 3.08. The highest BCUT2D eigenvalue weighted by Gasteiger charge is 2.21. The van der Waals surface area contributed by atoms with Crippen molar-refractivity contribution in [3.05, 3.63) is 67.0 Å². The number of carbonyl (C=O) groups is 1. The molecule has 1 aliphatic heterocycles. The maximum Gasteiger partial charge on any atom is 0.321 e. The molecule has 126 valence electrons. The fraction of sp³-hybridized carbons (Fsp3) is 0.200. The first-order valence-electron chi connectivity index (χ1n) is 8.49. The molecule has 0 radical (unpaired) electrons. The van der Waals surface area contributed by atoms with Crippen LogP contribution in [-0.2, 0) is 0 Å². The second-order valence-electron chi connectivity index (χ2n) is 6.17. The number of benzene rings is 2. The van der Waals surface area contributed by atoms with Gasteiger partial charge in [0.25, 0.3) is 0 Å². The van der Waals surface area contributed by atoms with Gasteiger partial charge in [-0.05, 0) is 35.0 Å². The fourth-order valence-electron chi connectivity index (χ4n) is 3.19. The molecule has 2 aromatic carbocycles. The van der Waals surface area contributed by atoms with Crippen LogP contribution < -0.4 is 10.2 Å². The zero-order chi connectivity index (χ0) is 17.1. The third-order valence-corrected chi connectivity index (χ3v) is 4.60. The Labute approximate surface area is 146 Å². The maximum absolute atomic E-state index is 12.5. The molecule has 0 spiro atoms. The topological polar surface area (TPSA) is 48.5 Å². The Bertz CT molecular complexity index is 873. The number of carbonyl (C=O) groups excluding carboxylic acids is 1. The largest absolute Gasteiger partial charge is 0.368 e. The third kappa shape index (κ3) is 3.40. The van der Waals surface area contributed by atoms with Gasteiger partial charge in [0, 0.05) is 49.9 Å². The monoisotopic (exact) mass is 332 g/mol. The molecule has 1 saturated heterocycles. The molecule has 5 heteroatoms. The van der Waals surface area contributed by atoms with E-state index in [1.54, 1.807) is 12.4 Å². The first kappa shape index (κ1) is 15.4. The van der Waals surface area contributed by atoms with E-state index in [4.69, 9.17) is 0 Å². The van der Waals surface area contributed by atoms with E-state index in [0.717, 1.165) is 29.9 Å². The number of nitrogens with zero attached hydrogens (tertiary/aromatic N) is 3. The molecule has 1 fully saturated rings. The van der Waals surface area contributed by atoms with Gasteiger partial charge in [-0.3, -0.25) is 4.98 Å². The molecule has 0 unspecified atom stereocenters. The highest BCUT2D eigenvalue weighted by atomic mass is 16.2. The van der Waals surface area contributed by atoms with E-state index in [1.165, 1.54) is 5.39 Å². The zero-order valence-electron chi connectivity index (χ0n) is 13.9. The van der Waals surface area contributed by atoms with E-state index in [2.05, 4.69) is 27.3 Å². The molecule has 0 aliphatic carbocycles. The van der Waals surface area contributed by atoms with Crippen LogP contribution in [0.4, 0.5) is 16.2 Å². The standard InChI is InChI=1S/C20H20N4O/c25-20(22-18-6-5-16-3-1-2-4-17(16)15-18)24-13-11-23(12-14-24)19-7-9-21-10-8-19/h1-10,15H,11-14H2,(H,22,25). The first-order valence-corrected chi connectivity index (χ1v) is 8.49. The number of piperazine rings is 1. The van der Waals surface area contributed by atoms with Gasteiger partial charge in [0.15, 0.2) is 0 Å². The lowest BCUT2D eigenvalue weighted by molar-refractivity contribution is 0.208. The summed E-state index contributed by atoms with van der Waals surface area (Å²) in [7, 11) is 0. The van der Waals surface area contributed by atoms with Gasteiger partial charge >= 0.3 is 6.03 Å². The summed E-state index contributed by atoms with van der Waals surface area (Å²) in [5.74, 6) is 0. The van der Waals surface area contributed by atoms with Crippen LogP contribution in [0.2, 0.25) is 0 Å². The first-order chi connectivity index (χ1) is 12.3. The van der Waals surface area contributed by atoms with Crippen molar-refractivity contribution in [2.24, 2.45) is 0 Å². The van der Waals surface area contributed by atoms with Gasteiger partial charge in [-0.2, -0.15) is 0 Å². The molecule has 3 aromatic rings. The van der Waals surface area contributed by atoms with E-state index < -0.39 is 0 Å². The van der Waals surface area contributed by atoms with E-state index in [-0.39, 0.29) is 6.03 Å². The van der Waals surface area contributed by atoms with Gasteiger partial charge in [-0.1, -0.05) is 30.3 Å². The number of urea groups is 1. The molecule has 0 bridgehead atoms. The lowest BCUT2D eigenvalue weighted by Crippen LogP contribution is -2.50. The second-order valence-corrected chi connectivity index (χ2v) is 6.17. The summed E-state index contributed by atoms with van der Waals surface area (Å²) in [6, 6.07) is 18.1. The Morgan fingerprint density at radius 2 is 1.60 bits per heavy atom. The minimum Gasteiger partial charge on any atom is -0.368 e. The predicted molar refractivity (Wildman–Crippen MR) is 101 cm³/mol. The van der Waals surface area contributed by atoms with E-state index in [0.29, 0.717) is 13.1 Å². The summed E-state index contributed by atoms with van der Waals surface area (Å²) in [4.78, 5) is 20.7. The van der Waals surface area contributed by atoms with Crippen molar-refractivity contribution in [2.75, 3.05) is 36.4 Å². The van der Waals surface area contributed by atoms with Crippen molar-refractivity contribution in [3.63, 3.8) is 0 Å². The normalized spacial score (nSPS) is 14.6.